The highest BCUT2D eigenvalue weighted by atomic mass is 16.6. The van der Waals surface area contributed by atoms with Crippen LogP contribution < -0.4 is 0 Å². The Bertz CT molecular complexity index is 220. The predicted octanol–water partition coefficient (Wildman–Crippen LogP) is 1.68. The van der Waals surface area contributed by atoms with Gasteiger partial charge < -0.3 is 9.47 Å². The molecule has 0 aromatic heterocycles. The Morgan fingerprint density at radius 2 is 2.50 bits per heavy atom. The third-order valence-electron chi connectivity index (χ3n) is 2.36. The highest BCUT2D eigenvalue weighted by Gasteiger charge is 2.35. The summed E-state index contributed by atoms with van der Waals surface area (Å²) < 4.78 is 11.2. The van der Waals surface area contributed by atoms with Crippen molar-refractivity contribution >= 4 is 0 Å². The first-order valence-electron chi connectivity index (χ1n) is 4.44. The van der Waals surface area contributed by atoms with Crippen LogP contribution in [-0.4, -0.2) is 24.9 Å². The minimum atomic E-state index is 0.0880. The molecule has 2 rings (SSSR count). The van der Waals surface area contributed by atoms with Gasteiger partial charge in [-0.05, 0) is 12.5 Å². The molecule has 0 unspecified atom stereocenters. The molecule has 2 bridgehead atoms. The lowest BCUT2D eigenvalue weighted by atomic mass is 10.0. The predicted molar refractivity (Wildman–Crippen MR) is 47.0 cm³/mol. The smallest absolute Gasteiger partial charge is 0.108 e. The van der Waals surface area contributed by atoms with E-state index in [9.17, 15) is 0 Å². The van der Waals surface area contributed by atoms with E-state index in [1.165, 1.54) is 5.57 Å². The molecule has 2 heterocycles. The van der Waals surface area contributed by atoms with Crippen molar-refractivity contribution in [2.24, 2.45) is 0 Å². The summed E-state index contributed by atoms with van der Waals surface area (Å²) >= 11 is 0. The molecule has 0 N–H and O–H groups in total. The van der Waals surface area contributed by atoms with E-state index in [0.29, 0.717) is 0 Å². The Kier molecular flexibility index (Phi) is 2.03. The maximum Gasteiger partial charge on any atom is 0.108 e. The van der Waals surface area contributed by atoms with Crippen LogP contribution >= 0.6 is 0 Å². The topological polar surface area (TPSA) is 18.5 Å². The van der Waals surface area contributed by atoms with E-state index in [-0.39, 0.29) is 18.3 Å². The summed E-state index contributed by atoms with van der Waals surface area (Å²) in [6.45, 7) is 6.73. The third-order valence-corrected chi connectivity index (χ3v) is 2.36. The molecule has 0 aromatic rings. The van der Waals surface area contributed by atoms with Gasteiger partial charge in [-0.25, -0.2) is 0 Å². The molecule has 0 aromatic carbocycles. The summed E-state index contributed by atoms with van der Waals surface area (Å²) in [5, 5.41) is 0. The van der Waals surface area contributed by atoms with Crippen molar-refractivity contribution in [3.8, 4) is 0 Å². The van der Waals surface area contributed by atoms with E-state index in [0.717, 1.165) is 13.0 Å². The van der Waals surface area contributed by atoms with Crippen LogP contribution in [0, 0.1) is 0 Å². The molecule has 0 radical (unpaired) electrons. The van der Waals surface area contributed by atoms with Crippen LogP contribution in [0.4, 0.5) is 0 Å². The van der Waals surface area contributed by atoms with Gasteiger partial charge in [0.25, 0.3) is 0 Å². The van der Waals surface area contributed by atoms with Crippen LogP contribution in [-0.2, 0) is 9.47 Å². The summed E-state index contributed by atoms with van der Waals surface area (Å²) in [7, 11) is 0. The molecule has 0 amide bonds. The molecule has 0 aliphatic carbocycles. The van der Waals surface area contributed by atoms with Gasteiger partial charge in [-0.2, -0.15) is 0 Å². The monoisotopic (exact) mass is 166 g/mol. The van der Waals surface area contributed by atoms with E-state index in [4.69, 9.17) is 9.47 Å². The van der Waals surface area contributed by atoms with Gasteiger partial charge in [-0.1, -0.05) is 18.7 Å². The molecular formula is C10H14O2. The number of hydrogen-bond acceptors (Lipinski definition) is 2. The van der Waals surface area contributed by atoms with Crippen LogP contribution in [0.5, 0.6) is 0 Å². The SMILES string of the molecule is C=C1C[C@H]2C=C[C@H](O2)[C@H]1OCC. The van der Waals surface area contributed by atoms with E-state index in [1.54, 1.807) is 0 Å². The second kappa shape index (κ2) is 3.04. The molecule has 1 saturated heterocycles. The standard InChI is InChI=1S/C10H14O2/c1-3-11-10-7(2)6-8-4-5-9(10)12-8/h4-5,8-10H,2-3,6H2,1H3/t8-,9+,10+/m1/s1. The minimum Gasteiger partial charge on any atom is -0.371 e. The second-order valence-electron chi connectivity index (χ2n) is 3.26. The Morgan fingerprint density at radius 3 is 3.25 bits per heavy atom. The first-order chi connectivity index (χ1) is 5.81. The van der Waals surface area contributed by atoms with Crippen molar-refractivity contribution < 1.29 is 9.47 Å². The number of ether oxygens (including phenoxy) is 2. The highest BCUT2D eigenvalue weighted by molar-refractivity contribution is 5.22. The number of hydrogen-bond donors (Lipinski definition) is 0. The molecule has 2 nitrogen and oxygen atoms in total. The van der Waals surface area contributed by atoms with Gasteiger partial charge in [-0.15, -0.1) is 0 Å². The number of rotatable bonds is 2. The lowest BCUT2D eigenvalue weighted by Crippen LogP contribution is -2.36. The maximum atomic E-state index is 5.64. The largest absolute Gasteiger partial charge is 0.371 e. The van der Waals surface area contributed by atoms with Gasteiger partial charge in [0.1, 0.15) is 12.2 Å². The molecule has 2 heteroatoms. The fourth-order valence-corrected chi connectivity index (χ4v) is 1.81. The molecule has 66 valence electrons. The van der Waals surface area contributed by atoms with Crippen molar-refractivity contribution in [1.29, 1.82) is 0 Å². The first kappa shape index (κ1) is 8.02. The summed E-state index contributed by atoms with van der Waals surface area (Å²) in [6.07, 6.45) is 5.58. The molecule has 3 atom stereocenters. The molecular weight excluding hydrogens is 152 g/mol. The normalized spacial score (nSPS) is 39.1. The fraction of sp³-hybridized carbons (Fsp3) is 0.600. The maximum absolute atomic E-state index is 5.64. The lowest BCUT2D eigenvalue weighted by molar-refractivity contribution is -0.0627. The van der Waals surface area contributed by atoms with Gasteiger partial charge in [-0.3, -0.25) is 0 Å². The van der Waals surface area contributed by atoms with E-state index in [2.05, 4.69) is 18.7 Å². The van der Waals surface area contributed by atoms with Crippen molar-refractivity contribution in [3.63, 3.8) is 0 Å². The van der Waals surface area contributed by atoms with Gasteiger partial charge >= 0.3 is 0 Å². The van der Waals surface area contributed by atoms with Crippen molar-refractivity contribution in [1.82, 2.24) is 0 Å². The van der Waals surface area contributed by atoms with Crippen LogP contribution in [0.1, 0.15) is 13.3 Å². The van der Waals surface area contributed by atoms with Crippen molar-refractivity contribution in [2.75, 3.05) is 6.61 Å². The zero-order valence-corrected chi connectivity index (χ0v) is 7.32. The number of fused-ring (bicyclic) bond motifs is 2. The van der Waals surface area contributed by atoms with E-state index < -0.39 is 0 Å². The molecule has 0 spiro atoms. The summed E-state index contributed by atoms with van der Waals surface area (Å²) in [5.41, 5.74) is 1.17. The van der Waals surface area contributed by atoms with Crippen molar-refractivity contribution in [2.45, 2.75) is 31.7 Å². The quantitative estimate of drug-likeness (QED) is 0.581. The third kappa shape index (κ3) is 1.21. The summed E-state index contributed by atoms with van der Waals surface area (Å²) in [5.74, 6) is 0. The second-order valence-corrected chi connectivity index (χ2v) is 3.26. The van der Waals surface area contributed by atoms with E-state index >= 15 is 0 Å². The molecule has 12 heavy (non-hydrogen) atoms. The zero-order valence-electron chi connectivity index (χ0n) is 7.32. The van der Waals surface area contributed by atoms with Gasteiger partial charge in [0.05, 0.1) is 6.10 Å². The van der Waals surface area contributed by atoms with Crippen LogP contribution in [0.2, 0.25) is 0 Å². The first-order valence-corrected chi connectivity index (χ1v) is 4.44. The molecule has 2 aliphatic rings. The Hall–Kier alpha value is -0.600. The summed E-state index contributed by atoms with van der Waals surface area (Å²) in [6, 6.07) is 0. The van der Waals surface area contributed by atoms with Crippen LogP contribution in [0.25, 0.3) is 0 Å². The highest BCUT2D eigenvalue weighted by Crippen LogP contribution is 2.31. The average molecular weight is 166 g/mol. The summed E-state index contributed by atoms with van der Waals surface area (Å²) in [4.78, 5) is 0. The lowest BCUT2D eigenvalue weighted by Gasteiger charge is -2.31. The molecule has 2 aliphatic heterocycles. The Morgan fingerprint density at radius 1 is 1.67 bits per heavy atom. The van der Waals surface area contributed by atoms with E-state index in [1.807, 2.05) is 6.92 Å². The van der Waals surface area contributed by atoms with Crippen LogP contribution in [0.15, 0.2) is 24.3 Å². The van der Waals surface area contributed by atoms with Crippen LogP contribution in [0.3, 0.4) is 0 Å². The van der Waals surface area contributed by atoms with Gasteiger partial charge in [0.15, 0.2) is 0 Å². The Balaban J connectivity index is 2.09. The zero-order chi connectivity index (χ0) is 8.55. The fourth-order valence-electron chi connectivity index (χ4n) is 1.81. The van der Waals surface area contributed by atoms with Gasteiger partial charge in [0.2, 0.25) is 0 Å². The molecule has 1 fully saturated rings. The Labute approximate surface area is 72.9 Å². The minimum absolute atomic E-state index is 0.0880. The average Bonchev–Trinajstić information content (AvgIpc) is 2.43. The van der Waals surface area contributed by atoms with Crippen molar-refractivity contribution in [3.05, 3.63) is 24.3 Å². The molecule has 0 saturated carbocycles. The van der Waals surface area contributed by atoms with Gasteiger partial charge in [0, 0.05) is 13.0 Å².